The molecule has 0 spiro atoms. The number of allylic oxidation sites excluding steroid dienone is 1. The van der Waals surface area contributed by atoms with Gasteiger partial charge in [-0.25, -0.2) is 0 Å². The minimum Gasteiger partial charge on any atom is -0.318 e. The van der Waals surface area contributed by atoms with E-state index in [9.17, 15) is 0 Å². The largest absolute Gasteiger partial charge is 0.318 e. The van der Waals surface area contributed by atoms with Gasteiger partial charge in [0.25, 0.3) is 0 Å². The Bertz CT molecular complexity index is 1420. The minimum absolute atomic E-state index is 0.207. The molecular formula is C33H32N2. The Morgan fingerprint density at radius 1 is 0.714 bits per heavy atom. The average Bonchev–Trinajstić information content (AvgIpc) is 3.22. The molecular weight excluding hydrogens is 424 g/mol. The summed E-state index contributed by atoms with van der Waals surface area (Å²) in [6, 6.07) is 33.5. The van der Waals surface area contributed by atoms with Gasteiger partial charge in [0.15, 0.2) is 0 Å². The van der Waals surface area contributed by atoms with Gasteiger partial charge in [-0.3, -0.25) is 0 Å². The van der Waals surface area contributed by atoms with Crippen LogP contribution in [0.25, 0.3) is 11.1 Å². The van der Waals surface area contributed by atoms with Crippen molar-refractivity contribution < 1.29 is 0 Å². The Hall–Kier alpha value is -3.78. The highest BCUT2D eigenvalue weighted by atomic mass is 15.4. The van der Waals surface area contributed by atoms with Gasteiger partial charge in [0.1, 0.15) is 6.17 Å². The van der Waals surface area contributed by atoms with Crippen LogP contribution in [0.1, 0.15) is 36.0 Å². The molecule has 0 amide bonds. The molecule has 0 N–H and O–H groups in total. The Kier molecular flexibility index (Phi) is 5.25. The van der Waals surface area contributed by atoms with E-state index in [2.05, 4.69) is 134 Å². The van der Waals surface area contributed by atoms with Crippen molar-refractivity contribution in [2.75, 3.05) is 9.80 Å². The van der Waals surface area contributed by atoms with Crippen molar-refractivity contribution in [1.82, 2.24) is 0 Å². The second-order valence-electron chi connectivity index (χ2n) is 10.0. The second kappa shape index (κ2) is 8.46. The Morgan fingerprint density at radius 3 is 2.11 bits per heavy atom. The molecule has 2 aliphatic heterocycles. The first-order valence-electron chi connectivity index (χ1n) is 12.6. The highest BCUT2D eigenvalue weighted by Crippen LogP contribution is 2.57. The molecule has 0 bridgehead atoms. The van der Waals surface area contributed by atoms with Gasteiger partial charge in [0, 0.05) is 17.3 Å². The van der Waals surface area contributed by atoms with Gasteiger partial charge in [0.05, 0.1) is 11.4 Å². The van der Waals surface area contributed by atoms with Crippen LogP contribution in [0.4, 0.5) is 22.7 Å². The standard InChI is InChI=1S/C33H32N2/c1-5-12-27-24(4)33-34(29-17-10-7-14-23(29)3)31-20-19-25(26-15-8-6-13-22(26)2)21-32(31)35(33)30-18-11-9-16-28(27)30/h5-11,13-21,24,27,33H,1,12H2,2-4H3. The molecule has 2 nitrogen and oxygen atoms in total. The van der Waals surface area contributed by atoms with Crippen LogP contribution < -0.4 is 9.80 Å². The fourth-order valence-corrected chi connectivity index (χ4v) is 6.27. The molecule has 2 heteroatoms. The van der Waals surface area contributed by atoms with Crippen molar-refractivity contribution in [2.24, 2.45) is 5.92 Å². The second-order valence-corrected chi connectivity index (χ2v) is 10.0. The highest BCUT2D eigenvalue weighted by molar-refractivity contribution is 5.93. The van der Waals surface area contributed by atoms with Gasteiger partial charge in [-0.2, -0.15) is 0 Å². The molecule has 6 rings (SSSR count). The first kappa shape index (κ1) is 21.7. The lowest BCUT2D eigenvalue weighted by molar-refractivity contribution is 0.369. The molecule has 0 saturated carbocycles. The van der Waals surface area contributed by atoms with Crippen molar-refractivity contribution in [3.8, 4) is 11.1 Å². The molecule has 0 aromatic heterocycles. The smallest absolute Gasteiger partial charge is 0.114 e. The molecule has 4 aromatic rings. The number of hydrogen-bond acceptors (Lipinski definition) is 2. The van der Waals surface area contributed by atoms with Crippen LogP contribution in [0.3, 0.4) is 0 Å². The summed E-state index contributed by atoms with van der Waals surface area (Å²) < 4.78 is 0. The van der Waals surface area contributed by atoms with Crippen molar-refractivity contribution in [3.05, 3.63) is 120 Å². The number of rotatable bonds is 4. The monoisotopic (exact) mass is 456 g/mol. The number of anilines is 4. The lowest BCUT2D eigenvalue weighted by Gasteiger charge is -2.46. The molecule has 0 aliphatic carbocycles. The maximum atomic E-state index is 4.10. The maximum absolute atomic E-state index is 4.10. The van der Waals surface area contributed by atoms with E-state index in [1.165, 1.54) is 50.6 Å². The Balaban J connectivity index is 1.62. The van der Waals surface area contributed by atoms with E-state index in [1.54, 1.807) is 0 Å². The quantitative estimate of drug-likeness (QED) is 0.283. The van der Waals surface area contributed by atoms with E-state index in [-0.39, 0.29) is 6.17 Å². The van der Waals surface area contributed by atoms with Crippen LogP contribution in [0, 0.1) is 19.8 Å². The summed E-state index contributed by atoms with van der Waals surface area (Å²) in [5.74, 6) is 0.846. The molecule has 0 fully saturated rings. The third-order valence-electron chi connectivity index (χ3n) is 7.98. The Labute approximate surface area is 209 Å². The van der Waals surface area contributed by atoms with Crippen LogP contribution in [0.2, 0.25) is 0 Å². The summed E-state index contributed by atoms with van der Waals surface area (Å²) in [4.78, 5) is 5.19. The maximum Gasteiger partial charge on any atom is 0.114 e. The molecule has 3 unspecified atom stereocenters. The summed E-state index contributed by atoms with van der Waals surface area (Å²) >= 11 is 0. The molecule has 2 heterocycles. The SMILES string of the molecule is C=CCC1c2ccccc2N2c3cc(-c4ccccc4C)ccc3N(c3ccccc3C)C2C1C. The van der Waals surface area contributed by atoms with Crippen LogP contribution in [0.15, 0.2) is 104 Å². The summed E-state index contributed by atoms with van der Waals surface area (Å²) in [5, 5.41) is 0. The highest BCUT2D eigenvalue weighted by Gasteiger charge is 2.47. The first-order chi connectivity index (χ1) is 17.1. The summed E-state index contributed by atoms with van der Waals surface area (Å²) in [6.07, 6.45) is 3.28. The number of benzene rings is 4. The minimum atomic E-state index is 0.207. The molecule has 2 aliphatic rings. The lowest BCUT2D eigenvalue weighted by Crippen LogP contribution is -2.48. The van der Waals surface area contributed by atoms with Crippen molar-refractivity contribution in [3.63, 3.8) is 0 Å². The molecule has 174 valence electrons. The van der Waals surface area contributed by atoms with Crippen molar-refractivity contribution in [2.45, 2.75) is 39.3 Å². The molecule has 35 heavy (non-hydrogen) atoms. The molecule has 4 aromatic carbocycles. The third kappa shape index (κ3) is 3.31. The van der Waals surface area contributed by atoms with E-state index in [0.717, 1.165) is 6.42 Å². The van der Waals surface area contributed by atoms with Gasteiger partial charge in [-0.05, 0) is 78.3 Å². The van der Waals surface area contributed by atoms with Gasteiger partial charge in [-0.1, -0.05) is 79.7 Å². The number of nitrogens with zero attached hydrogens (tertiary/aromatic N) is 2. The van der Waals surface area contributed by atoms with E-state index in [4.69, 9.17) is 0 Å². The van der Waals surface area contributed by atoms with Gasteiger partial charge >= 0.3 is 0 Å². The fourth-order valence-electron chi connectivity index (χ4n) is 6.27. The van der Waals surface area contributed by atoms with Gasteiger partial charge in [0.2, 0.25) is 0 Å². The van der Waals surface area contributed by atoms with Crippen LogP contribution in [-0.4, -0.2) is 6.17 Å². The van der Waals surface area contributed by atoms with Gasteiger partial charge in [-0.15, -0.1) is 6.58 Å². The summed E-state index contributed by atoms with van der Waals surface area (Å²) in [5.41, 5.74) is 11.8. The number of fused-ring (bicyclic) bond motifs is 5. The third-order valence-corrected chi connectivity index (χ3v) is 7.98. The fraction of sp³-hybridized carbons (Fsp3) is 0.212. The zero-order valence-electron chi connectivity index (χ0n) is 20.8. The zero-order valence-corrected chi connectivity index (χ0v) is 20.8. The topological polar surface area (TPSA) is 6.48 Å². The predicted molar refractivity (Wildman–Crippen MR) is 149 cm³/mol. The zero-order chi connectivity index (χ0) is 24.1. The van der Waals surface area contributed by atoms with E-state index in [1.807, 2.05) is 0 Å². The average molecular weight is 457 g/mol. The van der Waals surface area contributed by atoms with Gasteiger partial charge < -0.3 is 9.80 Å². The predicted octanol–water partition coefficient (Wildman–Crippen LogP) is 8.90. The first-order valence-corrected chi connectivity index (χ1v) is 12.6. The van der Waals surface area contributed by atoms with E-state index >= 15 is 0 Å². The Morgan fingerprint density at radius 2 is 1.37 bits per heavy atom. The molecule has 3 atom stereocenters. The normalized spacial score (nSPS) is 20.3. The van der Waals surface area contributed by atoms with Crippen LogP contribution in [0.5, 0.6) is 0 Å². The molecule has 0 radical (unpaired) electrons. The number of aryl methyl sites for hydroxylation is 2. The molecule has 0 saturated heterocycles. The van der Waals surface area contributed by atoms with Crippen molar-refractivity contribution in [1.29, 1.82) is 0 Å². The number of hydrogen-bond donors (Lipinski definition) is 0. The van der Waals surface area contributed by atoms with Crippen LogP contribution >= 0.6 is 0 Å². The summed E-state index contributed by atoms with van der Waals surface area (Å²) in [7, 11) is 0. The summed E-state index contributed by atoms with van der Waals surface area (Å²) in [6.45, 7) is 10.9. The van der Waals surface area contributed by atoms with Crippen LogP contribution in [-0.2, 0) is 0 Å². The van der Waals surface area contributed by atoms with E-state index < -0.39 is 0 Å². The lowest BCUT2D eigenvalue weighted by atomic mass is 9.78. The van der Waals surface area contributed by atoms with Crippen molar-refractivity contribution >= 4 is 22.7 Å². The van der Waals surface area contributed by atoms with E-state index in [0.29, 0.717) is 11.8 Å². The number of para-hydroxylation sites is 2.